The molecule has 0 radical (unpaired) electrons. The van der Waals surface area contributed by atoms with Gasteiger partial charge >= 0.3 is 0 Å². The molecule has 0 unspecified atom stereocenters. The molecule has 0 saturated heterocycles. The SMILES string of the molecule is CSc1ccc(C(=O)COCc2cccc(Cl)c2)cc1. The largest absolute Gasteiger partial charge is 0.369 e. The molecule has 0 heterocycles. The summed E-state index contributed by atoms with van der Waals surface area (Å²) in [5, 5.41) is 0.671. The highest BCUT2D eigenvalue weighted by molar-refractivity contribution is 7.98. The smallest absolute Gasteiger partial charge is 0.188 e. The molecule has 20 heavy (non-hydrogen) atoms. The fraction of sp³-hybridized carbons (Fsp3) is 0.188. The summed E-state index contributed by atoms with van der Waals surface area (Å²) in [6.07, 6.45) is 2.00. The topological polar surface area (TPSA) is 26.3 Å². The van der Waals surface area contributed by atoms with E-state index in [1.54, 1.807) is 11.8 Å². The van der Waals surface area contributed by atoms with E-state index >= 15 is 0 Å². The van der Waals surface area contributed by atoms with Gasteiger partial charge in [0.15, 0.2) is 5.78 Å². The molecule has 0 aliphatic heterocycles. The highest BCUT2D eigenvalue weighted by Crippen LogP contribution is 2.15. The first-order valence-corrected chi connectivity index (χ1v) is 7.79. The van der Waals surface area contributed by atoms with Crippen LogP contribution in [0.5, 0.6) is 0 Å². The monoisotopic (exact) mass is 306 g/mol. The van der Waals surface area contributed by atoms with Crippen molar-refractivity contribution in [1.82, 2.24) is 0 Å². The van der Waals surface area contributed by atoms with Gasteiger partial charge in [0.25, 0.3) is 0 Å². The van der Waals surface area contributed by atoms with E-state index in [1.807, 2.05) is 54.8 Å². The Labute approximate surface area is 128 Å². The van der Waals surface area contributed by atoms with Crippen LogP contribution in [0.1, 0.15) is 15.9 Å². The Hall–Kier alpha value is -1.29. The molecule has 2 aromatic carbocycles. The normalized spacial score (nSPS) is 10.5. The van der Waals surface area contributed by atoms with Crippen LogP contribution in [0.2, 0.25) is 5.02 Å². The minimum Gasteiger partial charge on any atom is -0.369 e. The molecule has 0 bridgehead atoms. The zero-order valence-electron chi connectivity index (χ0n) is 11.1. The second-order valence-electron chi connectivity index (χ2n) is 4.27. The van der Waals surface area contributed by atoms with Gasteiger partial charge in [0.05, 0.1) is 6.61 Å². The molecule has 2 aromatic rings. The van der Waals surface area contributed by atoms with Crippen molar-refractivity contribution in [3.63, 3.8) is 0 Å². The van der Waals surface area contributed by atoms with Crippen LogP contribution >= 0.6 is 23.4 Å². The van der Waals surface area contributed by atoms with Crippen molar-refractivity contribution in [3.8, 4) is 0 Å². The third-order valence-corrected chi connectivity index (χ3v) is 3.78. The van der Waals surface area contributed by atoms with Crippen LogP contribution < -0.4 is 0 Å². The predicted octanol–water partition coefficient (Wildman–Crippen LogP) is 4.46. The van der Waals surface area contributed by atoms with E-state index in [2.05, 4.69) is 0 Å². The zero-order valence-corrected chi connectivity index (χ0v) is 12.7. The van der Waals surface area contributed by atoms with E-state index in [9.17, 15) is 4.79 Å². The maximum absolute atomic E-state index is 11.9. The molecule has 104 valence electrons. The number of rotatable bonds is 6. The highest BCUT2D eigenvalue weighted by atomic mass is 35.5. The fourth-order valence-electron chi connectivity index (χ4n) is 1.75. The quantitative estimate of drug-likeness (QED) is 0.582. The maximum Gasteiger partial charge on any atom is 0.188 e. The molecule has 4 heteroatoms. The van der Waals surface area contributed by atoms with Gasteiger partial charge in [0.1, 0.15) is 6.61 Å². The van der Waals surface area contributed by atoms with E-state index < -0.39 is 0 Å². The van der Waals surface area contributed by atoms with Gasteiger partial charge in [-0.1, -0.05) is 35.9 Å². The van der Waals surface area contributed by atoms with Crippen molar-refractivity contribution in [2.45, 2.75) is 11.5 Å². The number of ketones is 1. The Morgan fingerprint density at radius 3 is 2.60 bits per heavy atom. The summed E-state index contributed by atoms with van der Waals surface area (Å²) in [6.45, 7) is 0.459. The molecular weight excluding hydrogens is 292 g/mol. The van der Waals surface area contributed by atoms with Crippen LogP contribution in [0.25, 0.3) is 0 Å². The lowest BCUT2D eigenvalue weighted by Gasteiger charge is -2.05. The molecule has 0 fully saturated rings. The molecule has 0 amide bonds. The summed E-state index contributed by atoms with van der Waals surface area (Å²) in [7, 11) is 0. The third-order valence-electron chi connectivity index (χ3n) is 2.80. The number of Topliss-reactive ketones (excluding diaryl/α,β-unsaturated/α-hetero) is 1. The number of carbonyl (C=O) groups is 1. The second-order valence-corrected chi connectivity index (χ2v) is 5.59. The van der Waals surface area contributed by atoms with E-state index in [0.29, 0.717) is 17.2 Å². The first-order valence-electron chi connectivity index (χ1n) is 6.18. The summed E-state index contributed by atoms with van der Waals surface area (Å²) in [5.74, 6) is -0.0142. The average molecular weight is 307 g/mol. The number of hydrogen-bond acceptors (Lipinski definition) is 3. The number of benzene rings is 2. The minimum absolute atomic E-state index is 0.0142. The Morgan fingerprint density at radius 1 is 1.20 bits per heavy atom. The second kappa shape index (κ2) is 7.48. The molecule has 2 nitrogen and oxygen atoms in total. The molecular formula is C16H15ClO2S. The van der Waals surface area contributed by atoms with E-state index in [-0.39, 0.29) is 12.4 Å². The van der Waals surface area contributed by atoms with Gasteiger partial charge in [-0.05, 0) is 36.1 Å². The zero-order chi connectivity index (χ0) is 14.4. The third kappa shape index (κ3) is 4.37. The van der Waals surface area contributed by atoms with Crippen LogP contribution in [-0.4, -0.2) is 18.6 Å². The van der Waals surface area contributed by atoms with Crippen LogP contribution in [-0.2, 0) is 11.3 Å². The van der Waals surface area contributed by atoms with Gasteiger partial charge in [-0.25, -0.2) is 0 Å². The van der Waals surface area contributed by atoms with Gasteiger partial charge < -0.3 is 4.74 Å². The molecule has 0 aromatic heterocycles. The van der Waals surface area contributed by atoms with Crippen LogP contribution in [0.15, 0.2) is 53.4 Å². The van der Waals surface area contributed by atoms with E-state index in [0.717, 1.165) is 10.5 Å². The molecule has 0 saturated carbocycles. The lowest BCUT2D eigenvalue weighted by atomic mass is 10.1. The van der Waals surface area contributed by atoms with Crippen molar-refractivity contribution in [2.75, 3.05) is 12.9 Å². The molecule has 0 aliphatic rings. The van der Waals surface area contributed by atoms with E-state index in [1.165, 1.54) is 0 Å². The van der Waals surface area contributed by atoms with Gasteiger partial charge in [-0.3, -0.25) is 4.79 Å². The Morgan fingerprint density at radius 2 is 1.95 bits per heavy atom. The summed E-state index contributed by atoms with van der Waals surface area (Å²) < 4.78 is 5.43. The van der Waals surface area contributed by atoms with Crippen molar-refractivity contribution < 1.29 is 9.53 Å². The summed E-state index contributed by atoms with van der Waals surface area (Å²) in [4.78, 5) is 13.1. The van der Waals surface area contributed by atoms with Gasteiger partial charge in [-0.2, -0.15) is 0 Å². The standard InChI is InChI=1S/C16H15ClO2S/c1-20-15-7-5-13(6-8-15)16(18)11-19-10-12-3-2-4-14(17)9-12/h2-9H,10-11H2,1H3. The molecule has 0 atom stereocenters. The Kier molecular flexibility index (Phi) is 5.65. The van der Waals surface area contributed by atoms with Gasteiger partial charge in [0.2, 0.25) is 0 Å². The van der Waals surface area contributed by atoms with Crippen LogP contribution in [0.3, 0.4) is 0 Å². The van der Waals surface area contributed by atoms with Gasteiger partial charge in [0, 0.05) is 15.5 Å². The number of halogens is 1. The lowest BCUT2D eigenvalue weighted by molar-refractivity contribution is 0.0726. The molecule has 0 N–H and O–H groups in total. The van der Waals surface area contributed by atoms with Crippen molar-refractivity contribution in [2.24, 2.45) is 0 Å². The summed E-state index contributed by atoms with van der Waals surface area (Å²) in [6, 6.07) is 15.0. The first-order chi connectivity index (χ1) is 9.69. The first kappa shape index (κ1) is 15.1. The number of ether oxygens (including phenoxy) is 1. The number of hydrogen-bond donors (Lipinski definition) is 0. The molecule has 0 spiro atoms. The predicted molar refractivity (Wildman–Crippen MR) is 83.7 cm³/mol. The van der Waals surface area contributed by atoms with E-state index in [4.69, 9.17) is 16.3 Å². The highest BCUT2D eigenvalue weighted by Gasteiger charge is 2.06. The van der Waals surface area contributed by atoms with Crippen molar-refractivity contribution in [1.29, 1.82) is 0 Å². The average Bonchev–Trinajstić information content (AvgIpc) is 2.47. The Balaban J connectivity index is 1.85. The van der Waals surface area contributed by atoms with Crippen molar-refractivity contribution >= 4 is 29.1 Å². The lowest BCUT2D eigenvalue weighted by Crippen LogP contribution is -2.09. The van der Waals surface area contributed by atoms with Gasteiger partial charge in [-0.15, -0.1) is 11.8 Å². The summed E-state index contributed by atoms with van der Waals surface area (Å²) >= 11 is 7.54. The number of carbonyl (C=O) groups excluding carboxylic acids is 1. The van der Waals surface area contributed by atoms with Crippen molar-refractivity contribution in [3.05, 3.63) is 64.7 Å². The minimum atomic E-state index is -0.0142. The summed E-state index contributed by atoms with van der Waals surface area (Å²) in [5.41, 5.74) is 1.64. The van der Waals surface area contributed by atoms with Crippen LogP contribution in [0.4, 0.5) is 0 Å². The molecule has 0 aliphatic carbocycles. The fourth-order valence-corrected chi connectivity index (χ4v) is 2.37. The maximum atomic E-state index is 11.9. The molecule has 2 rings (SSSR count). The Bertz CT molecular complexity index is 581. The van der Waals surface area contributed by atoms with Crippen LogP contribution in [0, 0.1) is 0 Å². The number of thioether (sulfide) groups is 1.